The van der Waals surface area contributed by atoms with Gasteiger partial charge in [0.15, 0.2) is 5.15 Å². The van der Waals surface area contributed by atoms with E-state index >= 15 is 0 Å². The molecule has 0 unspecified atom stereocenters. The Morgan fingerprint density at radius 2 is 2.42 bits per heavy atom. The van der Waals surface area contributed by atoms with Crippen molar-refractivity contribution in [2.45, 2.75) is 18.3 Å². The van der Waals surface area contributed by atoms with Crippen LogP contribution in [0.2, 0.25) is 5.15 Å². The van der Waals surface area contributed by atoms with E-state index in [0.717, 1.165) is 18.5 Å². The first kappa shape index (κ1) is 8.08. The van der Waals surface area contributed by atoms with Gasteiger partial charge in [-0.1, -0.05) is 11.6 Å². The second-order valence-corrected chi connectivity index (χ2v) is 3.84. The average molecular weight is 186 g/mol. The summed E-state index contributed by atoms with van der Waals surface area (Å²) in [4.78, 5) is 4.04. The normalized spacial score (nSPS) is 19.6. The molecule has 1 aliphatic carbocycles. The molecular formula is C8H12ClN3. The molecule has 66 valence electrons. The van der Waals surface area contributed by atoms with Crippen molar-refractivity contribution < 1.29 is 0 Å². The number of nitrogens with two attached hydrogens (primary N) is 1. The molecule has 3 nitrogen and oxygen atoms in total. The summed E-state index contributed by atoms with van der Waals surface area (Å²) in [5.74, 6) is 0. The van der Waals surface area contributed by atoms with Gasteiger partial charge < -0.3 is 10.3 Å². The largest absolute Gasteiger partial charge is 0.336 e. The summed E-state index contributed by atoms with van der Waals surface area (Å²) < 4.78 is 1.97. The summed E-state index contributed by atoms with van der Waals surface area (Å²) >= 11 is 5.96. The highest BCUT2D eigenvalue weighted by atomic mass is 35.5. The van der Waals surface area contributed by atoms with Crippen LogP contribution < -0.4 is 5.73 Å². The van der Waals surface area contributed by atoms with Gasteiger partial charge in [-0.3, -0.25) is 0 Å². The maximum absolute atomic E-state index is 5.96. The third-order valence-corrected chi connectivity index (χ3v) is 2.92. The van der Waals surface area contributed by atoms with Gasteiger partial charge in [-0.05, 0) is 12.8 Å². The molecule has 1 aromatic heterocycles. The molecule has 2 N–H and O–H groups in total. The van der Waals surface area contributed by atoms with Crippen molar-refractivity contribution in [3.05, 3.63) is 17.2 Å². The van der Waals surface area contributed by atoms with Gasteiger partial charge in [0.2, 0.25) is 0 Å². The monoisotopic (exact) mass is 185 g/mol. The standard InChI is InChI=1S/C8H12ClN3/c1-12-5-11-7(9)6(12)8(4-10)2-3-8/h5H,2-4,10H2,1H3. The van der Waals surface area contributed by atoms with Crippen molar-refractivity contribution in [1.29, 1.82) is 0 Å². The molecule has 0 spiro atoms. The average Bonchev–Trinajstić information content (AvgIpc) is 2.77. The molecule has 0 aliphatic heterocycles. The van der Waals surface area contributed by atoms with Crippen molar-refractivity contribution in [2.75, 3.05) is 6.54 Å². The maximum Gasteiger partial charge on any atom is 0.150 e. The van der Waals surface area contributed by atoms with Crippen molar-refractivity contribution in [3.63, 3.8) is 0 Å². The van der Waals surface area contributed by atoms with E-state index in [1.54, 1.807) is 6.33 Å². The number of hydrogen-bond donors (Lipinski definition) is 1. The van der Waals surface area contributed by atoms with Crippen LogP contribution in [0, 0.1) is 0 Å². The highest BCUT2D eigenvalue weighted by molar-refractivity contribution is 6.30. The van der Waals surface area contributed by atoms with Crippen LogP contribution >= 0.6 is 11.6 Å². The summed E-state index contributed by atoms with van der Waals surface area (Å²) in [5.41, 5.74) is 6.94. The fraction of sp³-hybridized carbons (Fsp3) is 0.625. The first-order valence-electron chi connectivity index (χ1n) is 4.07. The lowest BCUT2D eigenvalue weighted by atomic mass is 10.0. The van der Waals surface area contributed by atoms with E-state index in [4.69, 9.17) is 17.3 Å². The van der Waals surface area contributed by atoms with E-state index in [1.165, 1.54) is 0 Å². The van der Waals surface area contributed by atoms with E-state index in [9.17, 15) is 0 Å². The number of aromatic nitrogens is 2. The summed E-state index contributed by atoms with van der Waals surface area (Å²) in [6.07, 6.45) is 4.03. The molecule has 12 heavy (non-hydrogen) atoms. The number of nitrogens with zero attached hydrogens (tertiary/aromatic N) is 2. The summed E-state index contributed by atoms with van der Waals surface area (Å²) in [5, 5.41) is 0.612. The Hall–Kier alpha value is -0.540. The van der Waals surface area contributed by atoms with Crippen molar-refractivity contribution in [2.24, 2.45) is 12.8 Å². The van der Waals surface area contributed by atoms with Crippen LogP contribution in [0.5, 0.6) is 0 Å². The van der Waals surface area contributed by atoms with E-state index < -0.39 is 0 Å². The molecule has 0 aromatic carbocycles. The Kier molecular flexibility index (Phi) is 1.66. The molecule has 0 saturated heterocycles. The van der Waals surface area contributed by atoms with Gasteiger partial charge in [0, 0.05) is 19.0 Å². The van der Waals surface area contributed by atoms with Crippen molar-refractivity contribution in [3.8, 4) is 0 Å². The minimum atomic E-state index is 0.141. The van der Waals surface area contributed by atoms with Gasteiger partial charge in [-0.2, -0.15) is 0 Å². The van der Waals surface area contributed by atoms with Crippen LogP contribution in [0.25, 0.3) is 0 Å². The molecule has 0 amide bonds. The first-order chi connectivity index (χ1) is 5.69. The van der Waals surface area contributed by atoms with Gasteiger partial charge in [0.1, 0.15) is 0 Å². The highest BCUT2D eigenvalue weighted by Gasteiger charge is 2.46. The molecule has 4 heteroatoms. The molecule has 0 bridgehead atoms. The second-order valence-electron chi connectivity index (χ2n) is 3.48. The van der Waals surface area contributed by atoms with Crippen LogP contribution in [0.4, 0.5) is 0 Å². The van der Waals surface area contributed by atoms with E-state index in [1.807, 2.05) is 11.6 Å². The number of aryl methyl sites for hydroxylation is 1. The highest BCUT2D eigenvalue weighted by Crippen LogP contribution is 2.48. The van der Waals surface area contributed by atoms with Gasteiger partial charge in [0.05, 0.1) is 12.0 Å². The summed E-state index contributed by atoms with van der Waals surface area (Å²) in [6.45, 7) is 0.673. The lowest BCUT2D eigenvalue weighted by Gasteiger charge is -2.13. The minimum Gasteiger partial charge on any atom is -0.336 e. The fourth-order valence-electron chi connectivity index (χ4n) is 1.68. The predicted octanol–water partition coefficient (Wildman–Crippen LogP) is 1.06. The molecule has 0 radical (unpaired) electrons. The molecule has 0 atom stereocenters. The molecule has 1 heterocycles. The molecule has 2 rings (SSSR count). The topological polar surface area (TPSA) is 43.8 Å². The molecule has 1 aliphatic rings. The van der Waals surface area contributed by atoms with Crippen molar-refractivity contribution in [1.82, 2.24) is 9.55 Å². The predicted molar refractivity (Wildman–Crippen MR) is 48.2 cm³/mol. The fourth-order valence-corrected chi connectivity index (χ4v) is 2.06. The number of imidazole rings is 1. The van der Waals surface area contributed by atoms with E-state index in [-0.39, 0.29) is 5.41 Å². The number of rotatable bonds is 2. The van der Waals surface area contributed by atoms with Gasteiger partial charge in [-0.25, -0.2) is 4.98 Å². The maximum atomic E-state index is 5.96. The SMILES string of the molecule is Cn1cnc(Cl)c1C1(CN)CC1. The third kappa shape index (κ3) is 0.967. The molecule has 1 saturated carbocycles. The third-order valence-electron chi connectivity index (χ3n) is 2.64. The van der Waals surface area contributed by atoms with Gasteiger partial charge in [-0.15, -0.1) is 0 Å². The van der Waals surface area contributed by atoms with Gasteiger partial charge in [0.25, 0.3) is 0 Å². The van der Waals surface area contributed by atoms with E-state index in [2.05, 4.69) is 4.98 Å². The van der Waals surface area contributed by atoms with Crippen LogP contribution in [-0.2, 0) is 12.5 Å². The summed E-state index contributed by atoms with van der Waals surface area (Å²) in [7, 11) is 1.96. The number of hydrogen-bond acceptors (Lipinski definition) is 2. The van der Waals surface area contributed by atoms with Crippen LogP contribution in [0.15, 0.2) is 6.33 Å². The smallest absolute Gasteiger partial charge is 0.150 e. The zero-order chi connectivity index (χ0) is 8.77. The van der Waals surface area contributed by atoms with E-state index in [0.29, 0.717) is 11.7 Å². The quantitative estimate of drug-likeness (QED) is 0.749. The molecular weight excluding hydrogens is 174 g/mol. The lowest BCUT2D eigenvalue weighted by Crippen LogP contribution is -2.22. The first-order valence-corrected chi connectivity index (χ1v) is 4.45. The van der Waals surface area contributed by atoms with Crippen LogP contribution in [-0.4, -0.2) is 16.1 Å². The lowest BCUT2D eigenvalue weighted by molar-refractivity contribution is 0.639. The zero-order valence-electron chi connectivity index (χ0n) is 7.05. The summed E-state index contributed by atoms with van der Waals surface area (Å²) in [6, 6.07) is 0. The van der Waals surface area contributed by atoms with Crippen LogP contribution in [0.1, 0.15) is 18.5 Å². The Morgan fingerprint density at radius 3 is 2.75 bits per heavy atom. The van der Waals surface area contributed by atoms with Gasteiger partial charge >= 0.3 is 0 Å². The number of halogens is 1. The Morgan fingerprint density at radius 1 is 1.75 bits per heavy atom. The molecule has 1 aromatic rings. The Bertz CT molecular complexity index is 282. The minimum absolute atomic E-state index is 0.141. The molecule has 1 fully saturated rings. The second kappa shape index (κ2) is 2.47. The van der Waals surface area contributed by atoms with Crippen molar-refractivity contribution >= 4 is 11.6 Å². The van der Waals surface area contributed by atoms with Crippen LogP contribution in [0.3, 0.4) is 0 Å². The zero-order valence-corrected chi connectivity index (χ0v) is 7.80. The Balaban J connectivity index is 2.45. The Labute approximate surface area is 76.5 Å².